The van der Waals surface area contributed by atoms with E-state index in [1.54, 1.807) is 11.0 Å². The molecule has 1 rings (SSSR count). The van der Waals surface area contributed by atoms with Crippen LogP contribution >= 0.6 is 0 Å². The van der Waals surface area contributed by atoms with Crippen molar-refractivity contribution < 1.29 is 9.21 Å². The molecule has 3 heteroatoms. The molecular formula is C11H17NO2. The molecule has 0 fully saturated rings. The monoisotopic (exact) mass is 195 g/mol. The molecule has 0 unspecified atom stereocenters. The molecule has 0 bridgehead atoms. The molecule has 1 heterocycles. The van der Waals surface area contributed by atoms with Crippen molar-refractivity contribution in [2.45, 2.75) is 27.2 Å². The van der Waals surface area contributed by atoms with Crippen LogP contribution in [0, 0.1) is 0 Å². The predicted octanol–water partition coefficient (Wildman–Crippen LogP) is 2.32. The number of rotatable bonds is 4. The van der Waals surface area contributed by atoms with E-state index in [1.165, 1.54) is 0 Å². The first kappa shape index (κ1) is 10.8. The summed E-state index contributed by atoms with van der Waals surface area (Å²) in [6, 6.07) is 3.61. The van der Waals surface area contributed by atoms with Crippen LogP contribution in [0.4, 0.5) is 0 Å². The van der Waals surface area contributed by atoms with Crippen molar-refractivity contribution in [3.05, 3.63) is 23.7 Å². The standard InChI is InChI=1S/C11H17NO2/c1-4-9-7-8-10(14-9)11(13)12(5-2)6-3/h7-8H,4-6H2,1-3H3. The molecule has 1 aromatic rings. The second kappa shape index (κ2) is 4.84. The van der Waals surface area contributed by atoms with E-state index in [9.17, 15) is 4.79 Å². The molecule has 0 aliphatic carbocycles. The minimum atomic E-state index is -0.0188. The molecule has 3 nitrogen and oxygen atoms in total. The number of amides is 1. The fraction of sp³-hybridized carbons (Fsp3) is 0.545. The maximum Gasteiger partial charge on any atom is 0.289 e. The molecule has 1 amide bonds. The van der Waals surface area contributed by atoms with Gasteiger partial charge in [0.1, 0.15) is 5.76 Å². The fourth-order valence-electron chi connectivity index (χ4n) is 1.35. The van der Waals surface area contributed by atoms with Gasteiger partial charge in [-0.05, 0) is 26.0 Å². The van der Waals surface area contributed by atoms with Crippen molar-refractivity contribution in [3.63, 3.8) is 0 Å². The predicted molar refractivity (Wildman–Crippen MR) is 55.3 cm³/mol. The Kier molecular flexibility index (Phi) is 3.74. The smallest absolute Gasteiger partial charge is 0.289 e. The summed E-state index contributed by atoms with van der Waals surface area (Å²) in [6.07, 6.45) is 0.825. The van der Waals surface area contributed by atoms with Crippen LogP contribution in [-0.2, 0) is 6.42 Å². The maximum absolute atomic E-state index is 11.8. The number of aryl methyl sites for hydroxylation is 1. The molecule has 0 atom stereocenters. The Balaban J connectivity index is 2.77. The van der Waals surface area contributed by atoms with E-state index < -0.39 is 0 Å². The van der Waals surface area contributed by atoms with Crippen molar-refractivity contribution in [2.75, 3.05) is 13.1 Å². The van der Waals surface area contributed by atoms with Crippen LogP contribution in [0.25, 0.3) is 0 Å². The zero-order chi connectivity index (χ0) is 10.6. The molecule has 0 saturated heterocycles. The maximum atomic E-state index is 11.8. The van der Waals surface area contributed by atoms with Crippen LogP contribution in [0.2, 0.25) is 0 Å². The number of furan rings is 1. The van der Waals surface area contributed by atoms with Crippen LogP contribution < -0.4 is 0 Å². The molecular weight excluding hydrogens is 178 g/mol. The Morgan fingerprint density at radius 2 is 1.93 bits per heavy atom. The molecule has 0 aromatic carbocycles. The van der Waals surface area contributed by atoms with E-state index in [1.807, 2.05) is 26.8 Å². The van der Waals surface area contributed by atoms with Gasteiger partial charge in [-0.3, -0.25) is 4.79 Å². The molecule has 0 radical (unpaired) electrons. The summed E-state index contributed by atoms with van der Waals surface area (Å²) in [6.45, 7) is 7.37. The van der Waals surface area contributed by atoms with E-state index in [2.05, 4.69) is 0 Å². The first-order chi connectivity index (χ1) is 6.72. The Labute approximate surface area is 84.7 Å². The number of hydrogen-bond donors (Lipinski definition) is 0. The van der Waals surface area contributed by atoms with Gasteiger partial charge in [-0.2, -0.15) is 0 Å². The van der Waals surface area contributed by atoms with Gasteiger partial charge in [0.2, 0.25) is 0 Å². The van der Waals surface area contributed by atoms with Gasteiger partial charge >= 0.3 is 0 Å². The lowest BCUT2D eigenvalue weighted by atomic mass is 10.3. The number of nitrogens with zero attached hydrogens (tertiary/aromatic N) is 1. The van der Waals surface area contributed by atoms with E-state index >= 15 is 0 Å². The molecule has 0 aliphatic heterocycles. The van der Waals surface area contributed by atoms with Gasteiger partial charge in [-0.15, -0.1) is 0 Å². The third-order valence-electron chi connectivity index (χ3n) is 2.27. The van der Waals surface area contributed by atoms with Crippen LogP contribution in [0.3, 0.4) is 0 Å². The minimum absolute atomic E-state index is 0.0188. The average molecular weight is 195 g/mol. The normalized spacial score (nSPS) is 10.2. The Morgan fingerprint density at radius 3 is 2.36 bits per heavy atom. The number of carbonyl (C=O) groups is 1. The quantitative estimate of drug-likeness (QED) is 0.738. The lowest BCUT2D eigenvalue weighted by Gasteiger charge is -2.16. The van der Waals surface area contributed by atoms with Gasteiger partial charge in [-0.25, -0.2) is 0 Å². The Bertz CT molecular complexity index is 300. The third-order valence-corrected chi connectivity index (χ3v) is 2.27. The van der Waals surface area contributed by atoms with Gasteiger partial charge in [0, 0.05) is 19.5 Å². The highest BCUT2D eigenvalue weighted by Crippen LogP contribution is 2.10. The van der Waals surface area contributed by atoms with Crippen LogP contribution in [0.15, 0.2) is 16.5 Å². The van der Waals surface area contributed by atoms with Crippen LogP contribution in [0.5, 0.6) is 0 Å². The third kappa shape index (κ3) is 2.16. The first-order valence-corrected chi connectivity index (χ1v) is 5.10. The highest BCUT2D eigenvalue weighted by Gasteiger charge is 2.15. The summed E-state index contributed by atoms with van der Waals surface area (Å²) in [5.74, 6) is 1.29. The lowest BCUT2D eigenvalue weighted by molar-refractivity contribution is 0.0739. The molecule has 0 aliphatic rings. The topological polar surface area (TPSA) is 33.5 Å². The van der Waals surface area contributed by atoms with Crippen molar-refractivity contribution >= 4 is 5.91 Å². The first-order valence-electron chi connectivity index (χ1n) is 5.10. The molecule has 14 heavy (non-hydrogen) atoms. The summed E-state index contributed by atoms with van der Waals surface area (Å²) in [5.41, 5.74) is 0. The van der Waals surface area contributed by atoms with E-state index in [-0.39, 0.29) is 5.91 Å². The largest absolute Gasteiger partial charge is 0.456 e. The zero-order valence-electron chi connectivity index (χ0n) is 9.04. The highest BCUT2D eigenvalue weighted by molar-refractivity contribution is 5.91. The van der Waals surface area contributed by atoms with E-state index in [4.69, 9.17) is 4.42 Å². The van der Waals surface area contributed by atoms with E-state index in [0.29, 0.717) is 5.76 Å². The molecule has 78 valence electrons. The van der Waals surface area contributed by atoms with Gasteiger partial charge < -0.3 is 9.32 Å². The van der Waals surface area contributed by atoms with Crippen molar-refractivity contribution in [1.82, 2.24) is 4.90 Å². The Hall–Kier alpha value is -1.25. The van der Waals surface area contributed by atoms with Gasteiger partial charge in [0.15, 0.2) is 5.76 Å². The van der Waals surface area contributed by atoms with E-state index in [0.717, 1.165) is 25.3 Å². The molecule has 0 saturated carbocycles. The summed E-state index contributed by atoms with van der Waals surface area (Å²) >= 11 is 0. The SMILES string of the molecule is CCc1ccc(C(=O)N(CC)CC)o1. The number of hydrogen-bond acceptors (Lipinski definition) is 2. The second-order valence-electron chi connectivity index (χ2n) is 3.10. The van der Waals surface area contributed by atoms with Crippen molar-refractivity contribution in [1.29, 1.82) is 0 Å². The minimum Gasteiger partial charge on any atom is -0.456 e. The Morgan fingerprint density at radius 1 is 1.29 bits per heavy atom. The molecule has 0 N–H and O–H groups in total. The highest BCUT2D eigenvalue weighted by atomic mass is 16.4. The number of carbonyl (C=O) groups excluding carboxylic acids is 1. The second-order valence-corrected chi connectivity index (χ2v) is 3.10. The van der Waals surface area contributed by atoms with Gasteiger partial charge in [-0.1, -0.05) is 6.92 Å². The zero-order valence-corrected chi connectivity index (χ0v) is 9.04. The van der Waals surface area contributed by atoms with Crippen molar-refractivity contribution in [3.8, 4) is 0 Å². The fourth-order valence-corrected chi connectivity index (χ4v) is 1.35. The summed E-state index contributed by atoms with van der Waals surface area (Å²) in [5, 5.41) is 0. The lowest BCUT2D eigenvalue weighted by Crippen LogP contribution is -2.30. The molecule has 1 aromatic heterocycles. The summed E-state index contributed by atoms with van der Waals surface area (Å²) < 4.78 is 5.39. The average Bonchev–Trinajstić information content (AvgIpc) is 2.67. The summed E-state index contributed by atoms with van der Waals surface area (Å²) in [7, 11) is 0. The van der Waals surface area contributed by atoms with Crippen LogP contribution in [-0.4, -0.2) is 23.9 Å². The van der Waals surface area contributed by atoms with Crippen LogP contribution in [0.1, 0.15) is 37.1 Å². The van der Waals surface area contributed by atoms with Crippen molar-refractivity contribution in [2.24, 2.45) is 0 Å². The summed E-state index contributed by atoms with van der Waals surface area (Å²) in [4.78, 5) is 13.5. The molecule has 0 spiro atoms. The van der Waals surface area contributed by atoms with Gasteiger partial charge in [0.25, 0.3) is 5.91 Å². The van der Waals surface area contributed by atoms with Gasteiger partial charge in [0.05, 0.1) is 0 Å².